The van der Waals surface area contributed by atoms with Gasteiger partial charge in [-0.2, -0.15) is 0 Å². The van der Waals surface area contributed by atoms with Crippen molar-refractivity contribution in [1.29, 1.82) is 0 Å². The molecule has 1 heterocycles. The molecule has 0 fully saturated rings. The Morgan fingerprint density at radius 3 is 2.54 bits per heavy atom. The molecule has 0 saturated carbocycles. The van der Waals surface area contributed by atoms with Gasteiger partial charge in [-0.15, -0.1) is 12.4 Å². The van der Waals surface area contributed by atoms with E-state index in [9.17, 15) is 9.32 Å². The van der Waals surface area contributed by atoms with Crippen LogP contribution in [0.25, 0.3) is 0 Å². The number of aliphatic hydroxyl groups is 1. The number of para-hydroxylation sites is 1. The maximum absolute atomic E-state index is 12.8. The maximum atomic E-state index is 12.8. The Morgan fingerprint density at radius 2 is 1.83 bits per heavy atom. The van der Waals surface area contributed by atoms with E-state index in [1.54, 1.807) is 12.1 Å². The van der Waals surface area contributed by atoms with Crippen molar-refractivity contribution in [2.24, 2.45) is 0 Å². The molecule has 2 unspecified atom stereocenters. The number of β-amino-alcohol motifs (C(OH)–C–C–N with tert-alkyl or cyclic N) is 1. The van der Waals surface area contributed by atoms with E-state index in [-0.39, 0.29) is 12.4 Å². The molecule has 0 aromatic heterocycles. The quantitative estimate of drug-likeness (QED) is 0.875. The van der Waals surface area contributed by atoms with Crippen LogP contribution < -0.4 is 4.90 Å². The third kappa shape index (κ3) is 3.76. The Bertz CT molecular complexity index is 755. The summed E-state index contributed by atoms with van der Waals surface area (Å²) in [5.74, 6) is 0. The summed E-state index contributed by atoms with van der Waals surface area (Å²) in [6, 6.07) is 13.0. The van der Waals surface area contributed by atoms with Crippen molar-refractivity contribution in [3.63, 3.8) is 0 Å². The zero-order valence-electron chi connectivity index (χ0n) is 13.5. The molecule has 4 nitrogen and oxygen atoms in total. The molecule has 24 heavy (non-hydrogen) atoms. The summed E-state index contributed by atoms with van der Waals surface area (Å²) in [6.07, 6.45) is -0.531. The van der Waals surface area contributed by atoms with Gasteiger partial charge in [-0.1, -0.05) is 23.7 Å². The van der Waals surface area contributed by atoms with Crippen LogP contribution in [-0.2, 0) is 10.8 Å². The van der Waals surface area contributed by atoms with Crippen LogP contribution in [0.4, 0.5) is 11.4 Å². The zero-order chi connectivity index (χ0) is 16.6. The first-order valence-corrected chi connectivity index (χ1v) is 8.91. The molecule has 1 aliphatic heterocycles. The SMILES string of the molecule is CN(C)CC(O)CN1c2ccccc2S(=O)c2ccc(Cl)cc21.Cl. The average molecular weight is 387 g/mol. The smallest absolute Gasteiger partial charge is 0.0892 e. The summed E-state index contributed by atoms with van der Waals surface area (Å²) in [5, 5.41) is 11.0. The van der Waals surface area contributed by atoms with Gasteiger partial charge in [0.15, 0.2) is 0 Å². The number of aliphatic hydroxyl groups excluding tert-OH is 1. The number of likely N-dealkylation sites (N-methyl/N-ethyl adjacent to an activating group) is 1. The minimum absolute atomic E-state index is 0. The molecule has 0 bridgehead atoms. The third-order valence-corrected chi connectivity index (χ3v) is 5.46. The van der Waals surface area contributed by atoms with Gasteiger partial charge in [0.1, 0.15) is 0 Å². The van der Waals surface area contributed by atoms with Crippen LogP contribution in [0.2, 0.25) is 5.02 Å². The lowest BCUT2D eigenvalue weighted by Gasteiger charge is -2.34. The fourth-order valence-electron chi connectivity index (χ4n) is 2.83. The molecule has 0 aliphatic carbocycles. The van der Waals surface area contributed by atoms with E-state index in [0.717, 1.165) is 21.2 Å². The van der Waals surface area contributed by atoms with Gasteiger partial charge in [0.2, 0.25) is 0 Å². The number of fused-ring (bicyclic) bond motifs is 2. The number of hydrogen-bond donors (Lipinski definition) is 1. The van der Waals surface area contributed by atoms with Gasteiger partial charge in [0.25, 0.3) is 0 Å². The van der Waals surface area contributed by atoms with Crippen LogP contribution in [0.5, 0.6) is 0 Å². The molecule has 1 N–H and O–H groups in total. The molecule has 3 rings (SSSR count). The van der Waals surface area contributed by atoms with Gasteiger partial charge in [0, 0.05) is 11.6 Å². The number of halogens is 2. The van der Waals surface area contributed by atoms with Crippen molar-refractivity contribution in [2.75, 3.05) is 32.1 Å². The number of nitrogens with zero attached hydrogens (tertiary/aromatic N) is 2. The lowest BCUT2D eigenvalue weighted by Crippen LogP contribution is -2.37. The molecule has 0 spiro atoms. The van der Waals surface area contributed by atoms with E-state index in [1.807, 2.05) is 54.2 Å². The van der Waals surface area contributed by atoms with Crippen molar-refractivity contribution >= 4 is 46.2 Å². The molecule has 0 radical (unpaired) electrons. The molecular weight excluding hydrogens is 367 g/mol. The lowest BCUT2D eigenvalue weighted by atomic mass is 10.2. The number of anilines is 2. The maximum Gasteiger partial charge on any atom is 0.0892 e. The largest absolute Gasteiger partial charge is 0.390 e. The van der Waals surface area contributed by atoms with E-state index in [1.165, 1.54) is 0 Å². The summed E-state index contributed by atoms with van der Waals surface area (Å²) in [7, 11) is 2.61. The summed E-state index contributed by atoms with van der Waals surface area (Å²) < 4.78 is 12.8. The predicted octanol–water partition coefficient (Wildman–Crippen LogP) is 3.30. The van der Waals surface area contributed by atoms with Gasteiger partial charge in [-0.25, -0.2) is 4.21 Å². The van der Waals surface area contributed by atoms with E-state index in [2.05, 4.69) is 0 Å². The van der Waals surface area contributed by atoms with Crippen LogP contribution in [0, 0.1) is 0 Å². The van der Waals surface area contributed by atoms with E-state index >= 15 is 0 Å². The number of hydrogen-bond acceptors (Lipinski definition) is 4. The topological polar surface area (TPSA) is 43.8 Å². The molecule has 2 aromatic carbocycles. The van der Waals surface area contributed by atoms with Gasteiger partial charge in [-0.3, -0.25) is 0 Å². The lowest BCUT2D eigenvalue weighted by molar-refractivity contribution is 0.143. The third-order valence-electron chi connectivity index (χ3n) is 3.74. The highest BCUT2D eigenvalue weighted by molar-refractivity contribution is 7.85. The van der Waals surface area contributed by atoms with Crippen LogP contribution in [0.3, 0.4) is 0 Å². The van der Waals surface area contributed by atoms with Gasteiger partial charge in [0.05, 0.1) is 44.6 Å². The molecule has 130 valence electrons. The second kappa shape index (κ2) is 7.85. The first-order valence-electron chi connectivity index (χ1n) is 7.38. The minimum Gasteiger partial charge on any atom is -0.390 e. The second-order valence-corrected chi connectivity index (χ2v) is 7.73. The summed E-state index contributed by atoms with van der Waals surface area (Å²) in [4.78, 5) is 5.44. The zero-order valence-corrected chi connectivity index (χ0v) is 15.9. The molecule has 0 amide bonds. The van der Waals surface area contributed by atoms with Gasteiger partial charge in [-0.05, 0) is 44.4 Å². The molecule has 1 aliphatic rings. The summed E-state index contributed by atoms with van der Waals surface area (Å²) >= 11 is 6.14. The molecule has 0 saturated heterocycles. The number of benzene rings is 2. The second-order valence-electron chi connectivity index (χ2n) is 5.88. The summed E-state index contributed by atoms with van der Waals surface area (Å²) in [5.41, 5.74) is 1.66. The van der Waals surface area contributed by atoms with Crippen molar-refractivity contribution in [2.45, 2.75) is 15.9 Å². The molecule has 2 aromatic rings. The summed E-state index contributed by atoms with van der Waals surface area (Å²) in [6.45, 7) is 0.970. The monoisotopic (exact) mass is 386 g/mol. The van der Waals surface area contributed by atoms with Crippen LogP contribution >= 0.6 is 24.0 Å². The fourth-order valence-corrected chi connectivity index (χ4v) is 4.35. The predicted molar refractivity (Wildman–Crippen MR) is 101 cm³/mol. The standard InChI is InChI=1S/C17H19ClN2O2S.ClH/c1-19(2)10-13(21)11-20-14-5-3-4-6-16(14)23(22)17-8-7-12(18)9-15(17)20;/h3-9,13,21H,10-11H2,1-2H3;1H. The van der Waals surface area contributed by atoms with Crippen LogP contribution in [0.1, 0.15) is 0 Å². The number of rotatable bonds is 4. The molecule has 2 atom stereocenters. The Morgan fingerprint density at radius 1 is 1.17 bits per heavy atom. The minimum atomic E-state index is -1.24. The average Bonchev–Trinajstić information content (AvgIpc) is 2.50. The van der Waals surface area contributed by atoms with Crippen LogP contribution in [0.15, 0.2) is 52.3 Å². The van der Waals surface area contributed by atoms with Gasteiger partial charge < -0.3 is 14.9 Å². The van der Waals surface area contributed by atoms with Crippen molar-refractivity contribution in [3.05, 3.63) is 47.5 Å². The fraction of sp³-hybridized carbons (Fsp3) is 0.294. The highest BCUT2D eigenvalue weighted by atomic mass is 35.5. The Balaban J connectivity index is 0.00000208. The Hall–Kier alpha value is -1.11. The van der Waals surface area contributed by atoms with E-state index in [4.69, 9.17) is 11.6 Å². The van der Waals surface area contributed by atoms with Crippen molar-refractivity contribution in [1.82, 2.24) is 4.90 Å². The molecule has 7 heteroatoms. The highest BCUT2D eigenvalue weighted by Gasteiger charge is 2.29. The highest BCUT2D eigenvalue weighted by Crippen LogP contribution is 2.42. The first-order chi connectivity index (χ1) is 11.0. The normalized spacial score (nSPS) is 17.0. The van der Waals surface area contributed by atoms with Crippen molar-refractivity contribution in [3.8, 4) is 0 Å². The van der Waals surface area contributed by atoms with Gasteiger partial charge >= 0.3 is 0 Å². The van der Waals surface area contributed by atoms with Crippen molar-refractivity contribution < 1.29 is 9.32 Å². The Kier molecular flexibility index (Phi) is 6.28. The Labute approximate surface area is 155 Å². The first kappa shape index (κ1) is 19.2. The molecular formula is C17H20Cl2N2O2S. The van der Waals surface area contributed by atoms with E-state index < -0.39 is 16.9 Å². The van der Waals surface area contributed by atoms with E-state index in [0.29, 0.717) is 18.1 Å². The van der Waals surface area contributed by atoms with Crippen LogP contribution in [-0.4, -0.2) is 47.5 Å².